The van der Waals surface area contributed by atoms with Crippen LogP contribution in [0.2, 0.25) is 0 Å². The normalized spacial score (nSPS) is 9.73. The molecular formula is C24H22Li2O2Si2. The van der Waals surface area contributed by atoms with Crippen molar-refractivity contribution in [3.8, 4) is 0 Å². The topological polar surface area (TPSA) is 46.1 Å². The van der Waals surface area contributed by atoms with Crippen molar-refractivity contribution in [2.45, 2.75) is 0 Å². The molecule has 0 atom stereocenters. The molecule has 30 heavy (non-hydrogen) atoms. The van der Waals surface area contributed by atoms with Crippen LogP contribution in [0.3, 0.4) is 0 Å². The molecule has 4 aromatic carbocycles. The van der Waals surface area contributed by atoms with Crippen LogP contribution in [0.1, 0.15) is 0 Å². The van der Waals surface area contributed by atoms with Crippen molar-refractivity contribution in [2.75, 3.05) is 0 Å². The predicted molar refractivity (Wildman–Crippen MR) is 119 cm³/mol. The van der Waals surface area contributed by atoms with E-state index in [4.69, 9.17) is 0 Å². The molecule has 6 heteroatoms. The van der Waals surface area contributed by atoms with Crippen LogP contribution in [0.25, 0.3) is 0 Å². The molecule has 2 nitrogen and oxygen atoms in total. The van der Waals surface area contributed by atoms with Gasteiger partial charge in [0.1, 0.15) is 0 Å². The summed E-state index contributed by atoms with van der Waals surface area (Å²) in [5, 5.41) is 3.83. The number of hydrogen-bond acceptors (Lipinski definition) is 2. The summed E-state index contributed by atoms with van der Waals surface area (Å²) in [5.74, 6) is 0. The average Bonchev–Trinajstić information content (AvgIpc) is 2.81. The van der Waals surface area contributed by atoms with E-state index in [1.165, 1.54) is 0 Å². The Morgan fingerprint density at radius 3 is 0.667 bits per heavy atom. The van der Waals surface area contributed by atoms with Gasteiger partial charge in [0.05, 0.1) is 0 Å². The molecule has 0 unspecified atom stereocenters. The second kappa shape index (κ2) is 14.4. The van der Waals surface area contributed by atoms with E-state index in [-0.39, 0.29) is 37.7 Å². The van der Waals surface area contributed by atoms with Crippen molar-refractivity contribution in [1.29, 1.82) is 0 Å². The Morgan fingerprint density at radius 2 is 0.500 bits per heavy atom. The smallest absolute Gasteiger partial charge is 0.854 e. The van der Waals surface area contributed by atoms with Crippen molar-refractivity contribution in [2.24, 2.45) is 0 Å². The van der Waals surface area contributed by atoms with Gasteiger partial charge < -0.3 is 9.59 Å². The molecule has 4 aromatic rings. The van der Waals surface area contributed by atoms with E-state index in [0.29, 0.717) is 0 Å². The van der Waals surface area contributed by atoms with Crippen molar-refractivity contribution in [3.63, 3.8) is 0 Å². The van der Waals surface area contributed by atoms with E-state index in [2.05, 4.69) is 0 Å². The van der Waals surface area contributed by atoms with Gasteiger partial charge in [0.15, 0.2) is 0 Å². The molecule has 0 aliphatic rings. The predicted octanol–water partition coefficient (Wildman–Crippen LogP) is -6.22. The van der Waals surface area contributed by atoms with Gasteiger partial charge in [0.2, 0.25) is 0 Å². The summed E-state index contributed by atoms with van der Waals surface area (Å²) in [6, 6.07) is 38.6. The molecule has 0 bridgehead atoms. The average molecular weight is 412 g/mol. The Bertz CT molecular complexity index is 784. The molecule has 4 rings (SSSR count). The van der Waals surface area contributed by atoms with Gasteiger partial charge in [-0.1, -0.05) is 142 Å². The molecule has 0 saturated carbocycles. The third kappa shape index (κ3) is 7.93. The van der Waals surface area contributed by atoms with E-state index < -0.39 is 18.1 Å². The van der Waals surface area contributed by atoms with Crippen LogP contribution in [0.5, 0.6) is 0 Å². The van der Waals surface area contributed by atoms with Crippen LogP contribution >= 0.6 is 0 Å². The van der Waals surface area contributed by atoms with Crippen LogP contribution in [0, 0.1) is 0 Å². The van der Waals surface area contributed by atoms with Gasteiger partial charge in [-0.25, -0.2) is 0 Å². The molecule has 0 spiro atoms. The van der Waals surface area contributed by atoms with Gasteiger partial charge in [-0.3, -0.25) is 0 Å². The van der Waals surface area contributed by atoms with E-state index in [9.17, 15) is 9.59 Å². The van der Waals surface area contributed by atoms with E-state index in [1.54, 1.807) is 0 Å². The first-order chi connectivity index (χ1) is 13.8. The quantitative estimate of drug-likeness (QED) is 0.313. The second-order valence-corrected chi connectivity index (χ2v) is 10.6. The molecule has 0 heterocycles. The maximum atomic E-state index is 12.1. The number of hydrogen-bond donors (Lipinski definition) is 0. The molecule has 140 valence electrons. The standard InChI is InChI=1S/2C12H11OSi.2Li/c2*13-14(11-7-3-1-4-8-11)12-9-5-2-6-10-12;;/h2*1-10,14H;;/q2*-1;2*+1. The minimum atomic E-state index is -2.17. The summed E-state index contributed by atoms with van der Waals surface area (Å²) in [6.45, 7) is 0. The molecular weight excluding hydrogens is 390 g/mol. The Hall–Kier alpha value is -1.57. The Kier molecular flexibility index (Phi) is 12.7. The molecule has 0 radical (unpaired) electrons. The van der Waals surface area contributed by atoms with Crippen molar-refractivity contribution >= 4 is 38.8 Å². The van der Waals surface area contributed by atoms with Crippen LogP contribution in [-0.4, -0.2) is 18.1 Å². The van der Waals surface area contributed by atoms with Crippen LogP contribution in [0.4, 0.5) is 0 Å². The Labute approximate surface area is 206 Å². The number of rotatable bonds is 4. The fourth-order valence-electron chi connectivity index (χ4n) is 2.90. The Balaban J connectivity index is 0.000000281. The number of benzene rings is 4. The zero-order chi connectivity index (χ0) is 19.6. The molecule has 0 fully saturated rings. The zero-order valence-electron chi connectivity index (χ0n) is 17.5. The van der Waals surface area contributed by atoms with Crippen LogP contribution < -0.4 is 68.1 Å². The van der Waals surface area contributed by atoms with Gasteiger partial charge in [0.25, 0.3) is 0 Å². The fraction of sp³-hybridized carbons (Fsp3) is 0. The third-order valence-corrected chi connectivity index (χ3v) is 8.37. The summed E-state index contributed by atoms with van der Waals surface area (Å²) in [6.07, 6.45) is 0. The van der Waals surface area contributed by atoms with Crippen LogP contribution in [0.15, 0.2) is 121 Å². The molecule has 0 aliphatic heterocycles. The fourth-order valence-corrected chi connectivity index (χ4v) is 5.95. The first-order valence-electron chi connectivity index (χ1n) is 9.27. The molecule has 0 saturated heterocycles. The minimum Gasteiger partial charge on any atom is -0.854 e. The summed E-state index contributed by atoms with van der Waals surface area (Å²) in [4.78, 5) is 24.1. The first-order valence-corrected chi connectivity index (χ1v) is 12.5. The maximum Gasteiger partial charge on any atom is 1.00 e. The molecule has 0 N–H and O–H groups in total. The summed E-state index contributed by atoms with van der Waals surface area (Å²) in [7, 11) is -4.34. The van der Waals surface area contributed by atoms with Gasteiger partial charge in [-0.2, -0.15) is 0 Å². The largest absolute Gasteiger partial charge is 1.00 e. The van der Waals surface area contributed by atoms with Gasteiger partial charge in [-0.15, -0.1) is 0 Å². The van der Waals surface area contributed by atoms with Crippen molar-refractivity contribution in [1.82, 2.24) is 0 Å². The first kappa shape index (κ1) is 26.5. The monoisotopic (exact) mass is 412 g/mol. The molecule has 0 amide bonds. The second-order valence-electron chi connectivity index (χ2n) is 6.40. The molecule has 0 aliphatic carbocycles. The third-order valence-electron chi connectivity index (χ3n) is 4.41. The van der Waals surface area contributed by atoms with Crippen molar-refractivity contribution in [3.05, 3.63) is 121 Å². The van der Waals surface area contributed by atoms with Crippen LogP contribution in [-0.2, 0) is 0 Å². The molecule has 0 aromatic heterocycles. The van der Waals surface area contributed by atoms with E-state index in [0.717, 1.165) is 20.7 Å². The summed E-state index contributed by atoms with van der Waals surface area (Å²) < 4.78 is 0. The van der Waals surface area contributed by atoms with E-state index in [1.807, 2.05) is 121 Å². The van der Waals surface area contributed by atoms with Gasteiger partial charge in [0, 0.05) is 18.1 Å². The zero-order valence-corrected chi connectivity index (χ0v) is 19.8. The summed E-state index contributed by atoms with van der Waals surface area (Å²) >= 11 is 0. The van der Waals surface area contributed by atoms with Gasteiger partial charge >= 0.3 is 37.7 Å². The maximum absolute atomic E-state index is 12.1. The minimum absolute atomic E-state index is 0. The summed E-state index contributed by atoms with van der Waals surface area (Å²) in [5.41, 5.74) is 0. The SMILES string of the molecule is [Li+].[Li+].[O-][SiH](c1ccccc1)c1ccccc1.[O-][SiH](c1ccccc1)c1ccccc1. The van der Waals surface area contributed by atoms with Gasteiger partial charge in [-0.05, 0) is 0 Å². The Morgan fingerprint density at radius 1 is 0.333 bits per heavy atom. The van der Waals surface area contributed by atoms with E-state index >= 15 is 0 Å². The van der Waals surface area contributed by atoms with Crippen molar-refractivity contribution < 1.29 is 47.3 Å².